The highest BCUT2D eigenvalue weighted by atomic mass is 35.5. The molecule has 6 heteroatoms. The molecule has 0 aliphatic rings. The molecule has 1 aromatic heterocycles. The third-order valence-corrected chi connectivity index (χ3v) is 4.95. The lowest BCUT2D eigenvalue weighted by Crippen LogP contribution is -2.02. The lowest BCUT2D eigenvalue weighted by atomic mass is 10.1. The minimum Gasteiger partial charge on any atom is -0.277 e. The predicted molar refractivity (Wildman–Crippen MR) is 104 cm³/mol. The summed E-state index contributed by atoms with van der Waals surface area (Å²) in [5.74, 6) is 0. The zero-order valence-corrected chi connectivity index (χ0v) is 15.3. The Labute approximate surface area is 155 Å². The van der Waals surface area contributed by atoms with E-state index in [0.29, 0.717) is 10.0 Å². The number of aromatic nitrogens is 1. The van der Waals surface area contributed by atoms with Crippen LogP contribution in [-0.4, -0.2) is 10.7 Å². The molecule has 0 amide bonds. The van der Waals surface area contributed by atoms with E-state index in [0.717, 1.165) is 28.1 Å². The van der Waals surface area contributed by atoms with Crippen LogP contribution in [0, 0.1) is 25.2 Å². The van der Waals surface area contributed by atoms with Crippen LogP contribution in [0.2, 0.25) is 5.02 Å². The van der Waals surface area contributed by atoms with E-state index < -0.39 is 0 Å². The van der Waals surface area contributed by atoms with Crippen molar-refractivity contribution in [3.63, 3.8) is 0 Å². The topological polar surface area (TPSA) is 61.1 Å². The van der Waals surface area contributed by atoms with E-state index in [1.165, 1.54) is 11.3 Å². The number of halogens is 1. The van der Waals surface area contributed by atoms with Crippen molar-refractivity contribution >= 4 is 34.3 Å². The summed E-state index contributed by atoms with van der Waals surface area (Å²) >= 11 is 7.30. The van der Waals surface area contributed by atoms with Gasteiger partial charge in [0.05, 0.1) is 11.4 Å². The Kier molecular flexibility index (Phi) is 5.13. The van der Waals surface area contributed by atoms with Crippen LogP contribution in [0.25, 0.3) is 11.3 Å². The van der Waals surface area contributed by atoms with Gasteiger partial charge in [0.15, 0.2) is 10.7 Å². The van der Waals surface area contributed by atoms with Gasteiger partial charge in [0.1, 0.15) is 6.07 Å². The molecule has 1 N–H and O–H groups in total. The number of hydrogen-bond donors (Lipinski definition) is 1. The maximum atomic E-state index is 9.43. The van der Waals surface area contributed by atoms with Crippen LogP contribution in [0.5, 0.6) is 0 Å². The molecule has 0 saturated heterocycles. The van der Waals surface area contributed by atoms with Crippen molar-refractivity contribution < 1.29 is 0 Å². The summed E-state index contributed by atoms with van der Waals surface area (Å²) in [7, 11) is 0. The summed E-state index contributed by atoms with van der Waals surface area (Å²) in [6.07, 6.45) is 0. The number of nitrogens with zero attached hydrogens (tertiary/aromatic N) is 3. The second kappa shape index (κ2) is 7.47. The lowest BCUT2D eigenvalue weighted by molar-refractivity contribution is 1.26. The predicted octanol–water partition coefficient (Wildman–Crippen LogP) is 5.42. The van der Waals surface area contributed by atoms with Crippen molar-refractivity contribution in [1.29, 1.82) is 5.26 Å². The molecule has 0 spiro atoms. The molecule has 3 aromatic rings. The Morgan fingerprint density at radius 3 is 2.68 bits per heavy atom. The fourth-order valence-electron chi connectivity index (χ4n) is 2.24. The van der Waals surface area contributed by atoms with Crippen molar-refractivity contribution in [2.75, 3.05) is 5.43 Å². The molecule has 1 heterocycles. The zero-order valence-electron chi connectivity index (χ0n) is 13.7. The third-order valence-electron chi connectivity index (χ3n) is 3.85. The number of nitriles is 1. The van der Waals surface area contributed by atoms with Gasteiger partial charge in [-0.3, -0.25) is 5.43 Å². The van der Waals surface area contributed by atoms with Gasteiger partial charge >= 0.3 is 0 Å². The van der Waals surface area contributed by atoms with Gasteiger partial charge in [-0.15, -0.1) is 11.3 Å². The summed E-state index contributed by atoms with van der Waals surface area (Å²) in [6.45, 7) is 4.05. The summed E-state index contributed by atoms with van der Waals surface area (Å²) < 4.78 is 0. The van der Waals surface area contributed by atoms with E-state index in [1.54, 1.807) is 0 Å². The van der Waals surface area contributed by atoms with E-state index in [-0.39, 0.29) is 5.71 Å². The minimum absolute atomic E-state index is 0.256. The van der Waals surface area contributed by atoms with Gasteiger partial charge in [-0.1, -0.05) is 35.9 Å². The Morgan fingerprint density at radius 1 is 1.20 bits per heavy atom. The van der Waals surface area contributed by atoms with Crippen LogP contribution in [0.4, 0.5) is 5.69 Å². The molecule has 0 saturated carbocycles. The van der Waals surface area contributed by atoms with E-state index in [1.807, 2.05) is 61.7 Å². The SMILES string of the molecule is Cc1cccc(NN=C(C#N)c2nc(-c3ccc(Cl)cc3)cs2)c1C. The van der Waals surface area contributed by atoms with Crippen molar-refractivity contribution in [3.8, 4) is 17.3 Å². The van der Waals surface area contributed by atoms with Gasteiger partial charge < -0.3 is 0 Å². The van der Waals surface area contributed by atoms with Crippen molar-refractivity contribution in [3.05, 3.63) is 69.0 Å². The maximum Gasteiger partial charge on any atom is 0.196 e. The molecule has 0 atom stereocenters. The first-order valence-corrected chi connectivity index (χ1v) is 8.86. The molecule has 0 aliphatic carbocycles. The maximum absolute atomic E-state index is 9.43. The van der Waals surface area contributed by atoms with Gasteiger partial charge in [-0.25, -0.2) is 4.98 Å². The number of aryl methyl sites for hydroxylation is 1. The summed E-state index contributed by atoms with van der Waals surface area (Å²) in [5, 5.41) is 16.8. The van der Waals surface area contributed by atoms with Crippen LogP contribution in [0.1, 0.15) is 16.1 Å². The fourth-order valence-corrected chi connectivity index (χ4v) is 3.14. The number of benzene rings is 2. The highest BCUT2D eigenvalue weighted by Crippen LogP contribution is 2.24. The first kappa shape index (κ1) is 17.2. The van der Waals surface area contributed by atoms with Gasteiger partial charge in [0.25, 0.3) is 0 Å². The quantitative estimate of drug-likeness (QED) is 0.495. The molecule has 25 heavy (non-hydrogen) atoms. The Bertz CT molecular complexity index is 968. The molecular formula is C19H15ClN4S. The Hall–Kier alpha value is -2.68. The fraction of sp³-hybridized carbons (Fsp3) is 0.105. The summed E-state index contributed by atoms with van der Waals surface area (Å²) in [6, 6.07) is 15.5. The van der Waals surface area contributed by atoms with E-state index in [4.69, 9.17) is 11.6 Å². The number of hydrogen-bond acceptors (Lipinski definition) is 5. The molecule has 2 aromatic carbocycles. The number of hydrazone groups is 1. The molecule has 0 unspecified atom stereocenters. The lowest BCUT2D eigenvalue weighted by Gasteiger charge is -2.07. The molecule has 124 valence electrons. The highest BCUT2D eigenvalue weighted by Gasteiger charge is 2.11. The summed E-state index contributed by atoms with van der Waals surface area (Å²) in [5.41, 5.74) is 8.12. The van der Waals surface area contributed by atoms with Crippen molar-refractivity contribution in [2.24, 2.45) is 5.10 Å². The minimum atomic E-state index is 0.256. The van der Waals surface area contributed by atoms with Gasteiger partial charge in [-0.05, 0) is 43.2 Å². The van der Waals surface area contributed by atoms with E-state index in [2.05, 4.69) is 21.6 Å². The molecule has 3 rings (SSSR count). The van der Waals surface area contributed by atoms with Crippen LogP contribution < -0.4 is 5.43 Å². The molecular weight excluding hydrogens is 352 g/mol. The number of anilines is 1. The third kappa shape index (κ3) is 3.87. The number of thiazole rings is 1. The normalized spacial score (nSPS) is 11.2. The smallest absolute Gasteiger partial charge is 0.196 e. The van der Waals surface area contributed by atoms with Crippen molar-refractivity contribution in [2.45, 2.75) is 13.8 Å². The highest BCUT2D eigenvalue weighted by molar-refractivity contribution is 7.12. The first-order valence-electron chi connectivity index (χ1n) is 7.60. The zero-order chi connectivity index (χ0) is 17.8. The largest absolute Gasteiger partial charge is 0.277 e. The van der Waals surface area contributed by atoms with Crippen LogP contribution in [-0.2, 0) is 0 Å². The van der Waals surface area contributed by atoms with Crippen LogP contribution >= 0.6 is 22.9 Å². The standard InChI is InChI=1S/C19H15ClN4S/c1-12-4-3-5-16(13(12)2)23-24-17(10-21)19-22-18(11-25-19)14-6-8-15(20)9-7-14/h3-9,11,23H,1-2H3. The van der Waals surface area contributed by atoms with Gasteiger partial charge in [0, 0.05) is 16.0 Å². The van der Waals surface area contributed by atoms with Crippen molar-refractivity contribution in [1.82, 2.24) is 4.98 Å². The average molecular weight is 367 g/mol. The first-order chi connectivity index (χ1) is 12.1. The molecule has 0 radical (unpaired) electrons. The second-order valence-electron chi connectivity index (χ2n) is 5.48. The van der Waals surface area contributed by atoms with Gasteiger partial charge in [-0.2, -0.15) is 10.4 Å². The number of nitrogens with one attached hydrogen (secondary N) is 1. The Balaban J connectivity index is 1.85. The molecule has 0 aliphatic heterocycles. The Morgan fingerprint density at radius 2 is 1.96 bits per heavy atom. The molecule has 0 bridgehead atoms. The van der Waals surface area contributed by atoms with E-state index in [9.17, 15) is 5.26 Å². The van der Waals surface area contributed by atoms with Gasteiger partial charge in [0.2, 0.25) is 0 Å². The van der Waals surface area contributed by atoms with Crippen LogP contribution in [0.3, 0.4) is 0 Å². The number of rotatable bonds is 4. The molecule has 4 nitrogen and oxygen atoms in total. The second-order valence-corrected chi connectivity index (χ2v) is 6.77. The molecule has 0 fully saturated rings. The monoisotopic (exact) mass is 366 g/mol. The average Bonchev–Trinajstić information content (AvgIpc) is 3.09. The summed E-state index contributed by atoms with van der Waals surface area (Å²) in [4.78, 5) is 4.52. The van der Waals surface area contributed by atoms with Crippen LogP contribution in [0.15, 0.2) is 52.9 Å². The van der Waals surface area contributed by atoms with E-state index >= 15 is 0 Å².